The first-order chi connectivity index (χ1) is 5.82. The van der Waals surface area contributed by atoms with Crippen LogP contribution in [0.5, 0.6) is 0 Å². The van der Waals surface area contributed by atoms with Crippen molar-refractivity contribution in [3.63, 3.8) is 0 Å². The standard InChI is InChI=1S/C9H10Cl2FN/c1-9(2,13)5-3-8(12)7(11)4-6(5)10/h3-4H,13H2,1-2H3. The summed E-state index contributed by atoms with van der Waals surface area (Å²) in [5.41, 5.74) is 5.67. The minimum Gasteiger partial charge on any atom is -0.322 e. The average molecular weight is 222 g/mol. The number of rotatable bonds is 1. The van der Waals surface area contributed by atoms with Crippen molar-refractivity contribution in [3.8, 4) is 0 Å². The predicted molar refractivity (Wildman–Crippen MR) is 53.6 cm³/mol. The summed E-state index contributed by atoms with van der Waals surface area (Å²) in [6.07, 6.45) is 0. The molecular formula is C9H10Cl2FN. The maximum Gasteiger partial charge on any atom is 0.142 e. The third kappa shape index (κ3) is 2.33. The van der Waals surface area contributed by atoms with Crippen LogP contribution in [0.15, 0.2) is 12.1 Å². The highest BCUT2D eigenvalue weighted by molar-refractivity contribution is 6.35. The van der Waals surface area contributed by atoms with E-state index in [0.29, 0.717) is 10.6 Å². The van der Waals surface area contributed by atoms with Gasteiger partial charge < -0.3 is 5.73 Å². The molecule has 1 nitrogen and oxygen atoms in total. The Morgan fingerprint density at radius 2 is 1.77 bits per heavy atom. The lowest BCUT2D eigenvalue weighted by Gasteiger charge is -2.20. The van der Waals surface area contributed by atoms with Gasteiger partial charge in [0.2, 0.25) is 0 Å². The zero-order valence-corrected chi connectivity index (χ0v) is 8.88. The fourth-order valence-electron chi connectivity index (χ4n) is 1.02. The Kier molecular flexibility index (Phi) is 2.85. The molecule has 0 bridgehead atoms. The second-order valence-corrected chi connectivity index (χ2v) is 4.28. The highest BCUT2D eigenvalue weighted by atomic mass is 35.5. The fraction of sp³-hybridized carbons (Fsp3) is 0.333. The van der Waals surface area contributed by atoms with E-state index in [1.54, 1.807) is 13.8 Å². The van der Waals surface area contributed by atoms with Gasteiger partial charge in [-0.15, -0.1) is 0 Å². The van der Waals surface area contributed by atoms with Gasteiger partial charge in [0.1, 0.15) is 5.82 Å². The summed E-state index contributed by atoms with van der Waals surface area (Å²) in [6.45, 7) is 3.50. The van der Waals surface area contributed by atoms with Crippen LogP contribution in [0.4, 0.5) is 4.39 Å². The number of hydrogen-bond acceptors (Lipinski definition) is 1. The number of benzene rings is 1. The van der Waals surface area contributed by atoms with Gasteiger partial charge in [-0.2, -0.15) is 0 Å². The Hall–Kier alpha value is -0.310. The van der Waals surface area contributed by atoms with E-state index >= 15 is 0 Å². The minimum absolute atomic E-state index is 0.0120. The molecule has 1 aromatic rings. The van der Waals surface area contributed by atoms with Crippen LogP contribution in [0.2, 0.25) is 10.0 Å². The number of halogens is 3. The first-order valence-corrected chi connectivity index (χ1v) is 4.52. The van der Waals surface area contributed by atoms with Gasteiger partial charge in [0.15, 0.2) is 0 Å². The van der Waals surface area contributed by atoms with Gasteiger partial charge >= 0.3 is 0 Å². The van der Waals surface area contributed by atoms with Crippen LogP contribution < -0.4 is 5.73 Å². The number of hydrogen-bond donors (Lipinski definition) is 1. The van der Waals surface area contributed by atoms with Gasteiger partial charge in [0.25, 0.3) is 0 Å². The molecule has 2 N–H and O–H groups in total. The summed E-state index contributed by atoms with van der Waals surface area (Å²) in [5, 5.41) is 0.400. The molecule has 13 heavy (non-hydrogen) atoms. The van der Waals surface area contributed by atoms with Crippen LogP contribution in [0.25, 0.3) is 0 Å². The third-order valence-electron chi connectivity index (χ3n) is 1.70. The van der Waals surface area contributed by atoms with E-state index in [-0.39, 0.29) is 5.02 Å². The van der Waals surface area contributed by atoms with Crippen LogP contribution in [0.3, 0.4) is 0 Å². The molecule has 0 atom stereocenters. The molecule has 0 aliphatic carbocycles. The summed E-state index contributed by atoms with van der Waals surface area (Å²) in [5.74, 6) is -0.500. The highest BCUT2D eigenvalue weighted by Crippen LogP contribution is 2.30. The van der Waals surface area contributed by atoms with Crippen molar-refractivity contribution in [2.45, 2.75) is 19.4 Å². The zero-order chi connectivity index (χ0) is 10.2. The SMILES string of the molecule is CC(C)(N)c1cc(F)c(Cl)cc1Cl. The maximum atomic E-state index is 13.0. The molecule has 0 radical (unpaired) electrons. The van der Waals surface area contributed by atoms with Gasteiger partial charge in [-0.3, -0.25) is 0 Å². The van der Waals surface area contributed by atoms with Crippen molar-refractivity contribution in [2.24, 2.45) is 5.73 Å². The lowest BCUT2D eigenvalue weighted by atomic mass is 9.95. The van der Waals surface area contributed by atoms with Crippen LogP contribution in [-0.2, 0) is 5.54 Å². The van der Waals surface area contributed by atoms with Crippen molar-refractivity contribution in [2.75, 3.05) is 0 Å². The molecule has 0 unspecified atom stereocenters. The molecule has 0 amide bonds. The average Bonchev–Trinajstić information content (AvgIpc) is 1.94. The summed E-state index contributed by atoms with van der Waals surface area (Å²) in [4.78, 5) is 0. The zero-order valence-electron chi connectivity index (χ0n) is 7.37. The quantitative estimate of drug-likeness (QED) is 0.724. The Balaban J connectivity index is 3.32. The van der Waals surface area contributed by atoms with E-state index in [1.807, 2.05) is 0 Å². The van der Waals surface area contributed by atoms with Crippen LogP contribution in [0, 0.1) is 5.82 Å². The van der Waals surface area contributed by atoms with E-state index < -0.39 is 11.4 Å². The van der Waals surface area contributed by atoms with Crippen molar-refractivity contribution in [3.05, 3.63) is 33.6 Å². The van der Waals surface area contributed by atoms with Gasteiger partial charge in [0.05, 0.1) is 5.02 Å². The van der Waals surface area contributed by atoms with Crippen LogP contribution in [-0.4, -0.2) is 0 Å². The first kappa shape index (κ1) is 10.8. The summed E-state index contributed by atoms with van der Waals surface area (Å²) in [7, 11) is 0. The molecule has 72 valence electrons. The van der Waals surface area contributed by atoms with Gasteiger partial charge in [-0.05, 0) is 31.5 Å². The molecule has 1 aromatic carbocycles. The Labute approximate surface area is 86.6 Å². The number of nitrogens with two attached hydrogens (primary N) is 1. The van der Waals surface area contributed by atoms with E-state index in [0.717, 1.165) is 0 Å². The third-order valence-corrected chi connectivity index (χ3v) is 2.31. The van der Waals surface area contributed by atoms with Crippen molar-refractivity contribution < 1.29 is 4.39 Å². The molecule has 0 heterocycles. The Morgan fingerprint density at radius 3 is 2.23 bits per heavy atom. The molecule has 0 fully saturated rings. The second-order valence-electron chi connectivity index (χ2n) is 3.47. The van der Waals surface area contributed by atoms with Crippen molar-refractivity contribution >= 4 is 23.2 Å². The molecule has 0 saturated carbocycles. The fourth-order valence-corrected chi connectivity index (χ4v) is 1.64. The molecular weight excluding hydrogens is 212 g/mol. The van der Waals surface area contributed by atoms with Gasteiger partial charge in [-0.25, -0.2) is 4.39 Å². The van der Waals surface area contributed by atoms with Crippen molar-refractivity contribution in [1.82, 2.24) is 0 Å². The Bertz CT molecular complexity index is 331. The van der Waals surface area contributed by atoms with Crippen molar-refractivity contribution in [1.29, 1.82) is 0 Å². The second kappa shape index (κ2) is 3.45. The normalized spacial score (nSPS) is 11.8. The minimum atomic E-state index is -0.664. The van der Waals surface area contributed by atoms with E-state index in [1.165, 1.54) is 12.1 Å². The highest BCUT2D eigenvalue weighted by Gasteiger charge is 2.19. The topological polar surface area (TPSA) is 26.0 Å². The summed E-state index contributed by atoms with van der Waals surface area (Å²) in [6, 6.07) is 2.63. The van der Waals surface area contributed by atoms with Gasteiger partial charge in [-0.1, -0.05) is 23.2 Å². The molecule has 0 saturated heterocycles. The van der Waals surface area contributed by atoms with Gasteiger partial charge in [0, 0.05) is 10.6 Å². The van der Waals surface area contributed by atoms with E-state index in [9.17, 15) is 4.39 Å². The van der Waals surface area contributed by atoms with E-state index in [4.69, 9.17) is 28.9 Å². The summed E-state index contributed by atoms with van der Waals surface area (Å²) >= 11 is 11.4. The maximum absolute atomic E-state index is 13.0. The molecule has 1 rings (SSSR count). The smallest absolute Gasteiger partial charge is 0.142 e. The lowest BCUT2D eigenvalue weighted by molar-refractivity contribution is 0.544. The molecule has 4 heteroatoms. The largest absolute Gasteiger partial charge is 0.322 e. The first-order valence-electron chi connectivity index (χ1n) is 3.76. The molecule has 0 aromatic heterocycles. The van der Waals surface area contributed by atoms with E-state index in [2.05, 4.69) is 0 Å². The van der Waals surface area contributed by atoms with Crippen LogP contribution in [0.1, 0.15) is 19.4 Å². The monoisotopic (exact) mass is 221 g/mol. The Morgan fingerprint density at radius 1 is 1.23 bits per heavy atom. The predicted octanol–water partition coefficient (Wildman–Crippen LogP) is 3.33. The molecule has 0 spiro atoms. The summed E-state index contributed by atoms with van der Waals surface area (Å²) < 4.78 is 13.0. The van der Waals surface area contributed by atoms with Crippen LogP contribution >= 0.6 is 23.2 Å². The molecule has 0 aliphatic rings. The lowest BCUT2D eigenvalue weighted by Crippen LogP contribution is -2.29. The molecule has 0 aliphatic heterocycles.